The van der Waals surface area contributed by atoms with Crippen molar-refractivity contribution in [1.29, 1.82) is 0 Å². The Morgan fingerprint density at radius 2 is 1.00 bits per heavy atom. The standard InChI is InChI=1S/2C16H32O/c2*1-5-6-9-14(17)10-11-15-13(2)8-7-12-16(15,3)4/h2*13-15,17H,5-12H2,1-4H3/t13?,14?,15-;/m0./s1. The molecule has 2 aliphatic carbocycles. The average molecular weight is 481 g/mol. The van der Waals surface area contributed by atoms with Crippen LogP contribution in [-0.4, -0.2) is 22.4 Å². The molecule has 0 heterocycles. The van der Waals surface area contributed by atoms with Gasteiger partial charge in [0.05, 0.1) is 12.2 Å². The van der Waals surface area contributed by atoms with Gasteiger partial charge < -0.3 is 10.2 Å². The van der Waals surface area contributed by atoms with Crippen molar-refractivity contribution < 1.29 is 10.2 Å². The summed E-state index contributed by atoms with van der Waals surface area (Å²) in [5, 5.41) is 19.9. The van der Waals surface area contributed by atoms with Crippen molar-refractivity contribution in [2.45, 2.75) is 170 Å². The lowest BCUT2D eigenvalue weighted by Crippen LogP contribution is -2.34. The van der Waals surface area contributed by atoms with Crippen LogP contribution in [0, 0.1) is 34.5 Å². The molecule has 2 heteroatoms. The molecular weight excluding hydrogens is 416 g/mol. The van der Waals surface area contributed by atoms with Gasteiger partial charge in [-0.1, -0.05) is 107 Å². The second-order valence-corrected chi connectivity index (χ2v) is 13.7. The van der Waals surface area contributed by atoms with Gasteiger partial charge in [0.15, 0.2) is 0 Å². The van der Waals surface area contributed by atoms with Crippen LogP contribution in [0.2, 0.25) is 0 Å². The van der Waals surface area contributed by atoms with E-state index in [-0.39, 0.29) is 12.2 Å². The van der Waals surface area contributed by atoms with Crippen LogP contribution in [0.5, 0.6) is 0 Å². The summed E-state index contributed by atoms with van der Waals surface area (Å²) in [6, 6.07) is 0. The molecule has 34 heavy (non-hydrogen) atoms. The molecule has 2 fully saturated rings. The van der Waals surface area contributed by atoms with E-state index in [1.807, 2.05) is 0 Å². The molecule has 2 N–H and O–H groups in total. The third-order valence-electron chi connectivity index (χ3n) is 9.75. The number of hydrogen-bond acceptors (Lipinski definition) is 2. The third kappa shape index (κ3) is 11.3. The van der Waals surface area contributed by atoms with E-state index in [0.717, 1.165) is 49.4 Å². The van der Waals surface area contributed by atoms with Gasteiger partial charge in [-0.15, -0.1) is 0 Å². The third-order valence-corrected chi connectivity index (χ3v) is 9.75. The molecule has 2 rings (SSSR count). The van der Waals surface area contributed by atoms with Crippen molar-refractivity contribution in [3.05, 3.63) is 0 Å². The van der Waals surface area contributed by atoms with Gasteiger partial charge in [-0.3, -0.25) is 0 Å². The lowest BCUT2D eigenvalue weighted by atomic mass is 9.62. The topological polar surface area (TPSA) is 40.5 Å². The summed E-state index contributed by atoms with van der Waals surface area (Å²) >= 11 is 0. The normalized spacial score (nSPS) is 30.2. The summed E-state index contributed by atoms with van der Waals surface area (Å²) in [6.45, 7) is 18.9. The summed E-state index contributed by atoms with van der Waals surface area (Å²) in [6.07, 6.45) is 19.4. The molecule has 0 radical (unpaired) electrons. The quantitative estimate of drug-likeness (QED) is 0.292. The summed E-state index contributed by atoms with van der Waals surface area (Å²) in [5.41, 5.74) is 0.976. The number of rotatable bonds is 12. The number of unbranched alkanes of at least 4 members (excludes halogenated alkanes) is 2. The molecule has 0 aromatic heterocycles. The molecular formula is C32H64O2. The van der Waals surface area contributed by atoms with E-state index in [2.05, 4.69) is 55.4 Å². The highest BCUT2D eigenvalue weighted by atomic mass is 16.3. The first-order valence-electron chi connectivity index (χ1n) is 15.3. The Bertz CT molecular complexity index is 465. The van der Waals surface area contributed by atoms with Crippen LogP contribution >= 0.6 is 0 Å². The van der Waals surface area contributed by atoms with Crippen molar-refractivity contribution in [2.75, 3.05) is 0 Å². The smallest absolute Gasteiger partial charge is 0.0540 e. The Morgan fingerprint density at radius 1 is 0.647 bits per heavy atom. The molecule has 0 aromatic carbocycles. The lowest BCUT2D eigenvalue weighted by molar-refractivity contribution is 0.0554. The van der Waals surface area contributed by atoms with E-state index in [1.54, 1.807) is 0 Å². The molecule has 204 valence electrons. The zero-order valence-electron chi connectivity index (χ0n) is 24.7. The second kappa shape index (κ2) is 15.9. The maximum atomic E-state index is 9.97. The fraction of sp³-hybridized carbons (Fsp3) is 1.00. The minimum absolute atomic E-state index is 0.0557. The van der Waals surface area contributed by atoms with Gasteiger partial charge in [0.25, 0.3) is 0 Å². The van der Waals surface area contributed by atoms with Crippen molar-refractivity contribution in [1.82, 2.24) is 0 Å². The van der Waals surface area contributed by atoms with Crippen LogP contribution in [0.15, 0.2) is 0 Å². The van der Waals surface area contributed by atoms with Crippen LogP contribution in [0.25, 0.3) is 0 Å². The Kier molecular flexibility index (Phi) is 14.9. The van der Waals surface area contributed by atoms with E-state index in [4.69, 9.17) is 0 Å². The fourth-order valence-corrected chi connectivity index (χ4v) is 7.34. The predicted molar refractivity (Wildman–Crippen MR) is 150 cm³/mol. The summed E-state index contributed by atoms with van der Waals surface area (Å²) in [7, 11) is 0. The first-order valence-corrected chi connectivity index (χ1v) is 15.3. The van der Waals surface area contributed by atoms with Crippen molar-refractivity contribution in [3.63, 3.8) is 0 Å². The van der Waals surface area contributed by atoms with Crippen molar-refractivity contribution >= 4 is 0 Å². The van der Waals surface area contributed by atoms with Gasteiger partial charge >= 0.3 is 0 Å². The average Bonchev–Trinajstić information content (AvgIpc) is 2.75. The van der Waals surface area contributed by atoms with Gasteiger partial charge in [-0.25, -0.2) is 0 Å². The highest BCUT2D eigenvalue weighted by molar-refractivity contribution is 4.87. The van der Waals surface area contributed by atoms with Gasteiger partial charge in [-0.05, 0) is 85.9 Å². The number of aliphatic hydroxyl groups excluding tert-OH is 2. The van der Waals surface area contributed by atoms with Crippen LogP contribution in [0.4, 0.5) is 0 Å². The molecule has 2 nitrogen and oxygen atoms in total. The fourth-order valence-electron chi connectivity index (χ4n) is 7.34. The second-order valence-electron chi connectivity index (χ2n) is 13.7. The number of hydrogen-bond donors (Lipinski definition) is 2. The van der Waals surface area contributed by atoms with E-state index in [9.17, 15) is 10.2 Å². The highest BCUT2D eigenvalue weighted by Gasteiger charge is 2.37. The molecule has 0 saturated heterocycles. The molecule has 2 saturated carbocycles. The summed E-state index contributed by atoms with van der Waals surface area (Å²) in [5.74, 6) is 3.31. The molecule has 0 amide bonds. The first-order chi connectivity index (χ1) is 15.9. The van der Waals surface area contributed by atoms with Crippen molar-refractivity contribution in [2.24, 2.45) is 34.5 Å². The molecule has 0 bridgehead atoms. The van der Waals surface area contributed by atoms with E-state index in [1.165, 1.54) is 77.0 Å². The first kappa shape index (κ1) is 31.9. The Hall–Kier alpha value is -0.0800. The zero-order valence-corrected chi connectivity index (χ0v) is 24.7. The van der Waals surface area contributed by atoms with Crippen LogP contribution in [0.1, 0.15) is 158 Å². The van der Waals surface area contributed by atoms with Gasteiger partial charge in [0.1, 0.15) is 0 Å². The molecule has 0 aromatic rings. The lowest BCUT2D eigenvalue weighted by Gasteiger charge is -2.43. The molecule has 0 spiro atoms. The molecule has 6 atom stereocenters. The van der Waals surface area contributed by atoms with Gasteiger partial charge in [-0.2, -0.15) is 0 Å². The predicted octanol–water partition coefficient (Wildman–Crippen LogP) is 9.56. The maximum Gasteiger partial charge on any atom is 0.0540 e. The summed E-state index contributed by atoms with van der Waals surface area (Å²) in [4.78, 5) is 0. The van der Waals surface area contributed by atoms with Crippen LogP contribution in [-0.2, 0) is 0 Å². The minimum Gasteiger partial charge on any atom is -0.393 e. The zero-order chi connectivity index (χ0) is 25.8. The molecule has 0 aliphatic heterocycles. The Labute approximate surface area is 215 Å². The van der Waals surface area contributed by atoms with E-state index >= 15 is 0 Å². The SMILES string of the molecule is CCCCC(O)CCC1C(C)CCCC1(C)C.CCCCC(O)CC[C@H]1C(C)CCCC1(C)C. The van der Waals surface area contributed by atoms with E-state index in [0.29, 0.717) is 10.8 Å². The highest BCUT2D eigenvalue weighted by Crippen LogP contribution is 2.47. The monoisotopic (exact) mass is 480 g/mol. The number of aliphatic hydroxyl groups is 2. The minimum atomic E-state index is -0.0557. The molecule has 5 unspecified atom stereocenters. The van der Waals surface area contributed by atoms with Crippen LogP contribution in [0.3, 0.4) is 0 Å². The largest absolute Gasteiger partial charge is 0.393 e. The van der Waals surface area contributed by atoms with E-state index < -0.39 is 0 Å². The maximum absolute atomic E-state index is 9.97. The van der Waals surface area contributed by atoms with Gasteiger partial charge in [0.2, 0.25) is 0 Å². The Morgan fingerprint density at radius 3 is 1.29 bits per heavy atom. The Balaban J connectivity index is 0.000000340. The summed E-state index contributed by atoms with van der Waals surface area (Å²) < 4.78 is 0. The van der Waals surface area contributed by atoms with Gasteiger partial charge in [0, 0.05) is 0 Å². The molecule has 2 aliphatic rings. The van der Waals surface area contributed by atoms with Crippen LogP contribution < -0.4 is 0 Å². The van der Waals surface area contributed by atoms with Crippen molar-refractivity contribution in [3.8, 4) is 0 Å².